The van der Waals surface area contributed by atoms with Gasteiger partial charge < -0.3 is 15.4 Å². The summed E-state index contributed by atoms with van der Waals surface area (Å²) in [7, 11) is 0. The first-order chi connectivity index (χ1) is 8.65. The molecule has 1 aromatic carbocycles. The fraction of sp³-hybridized carbons (Fsp3) is 0.500. The highest BCUT2D eigenvalue weighted by Crippen LogP contribution is 2.14. The predicted octanol–water partition coefficient (Wildman–Crippen LogP) is 2.87. The zero-order chi connectivity index (χ0) is 13.4. The zero-order valence-electron chi connectivity index (χ0n) is 11.3. The first-order valence-electron chi connectivity index (χ1n) is 6.39. The van der Waals surface area contributed by atoms with E-state index in [1.807, 2.05) is 38.1 Å². The molecule has 0 radical (unpaired) electrons. The molecule has 100 valence electrons. The van der Waals surface area contributed by atoms with Gasteiger partial charge in [-0.1, -0.05) is 6.92 Å². The summed E-state index contributed by atoms with van der Waals surface area (Å²) in [5, 5.41) is 6.15. The molecule has 1 aromatic rings. The number of ether oxygens (including phenoxy) is 1. The molecule has 0 bridgehead atoms. The second-order valence-corrected chi connectivity index (χ2v) is 4.18. The molecular weight excluding hydrogens is 228 g/mol. The van der Waals surface area contributed by atoms with Crippen molar-refractivity contribution >= 4 is 17.3 Å². The molecule has 0 saturated carbocycles. The summed E-state index contributed by atoms with van der Waals surface area (Å²) < 4.78 is 5.34. The number of carbonyl (C=O) groups is 1. The van der Waals surface area contributed by atoms with Crippen molar-refractivity contribution in [1.82, 2.24) is 0 Å². The highest BCUT2D eigenvalue weighted by atomic mass is 16.5. The second-order valence-electron chi connectivity index (χ2n) is 4.18. The van der Waals surface area contributed by atoms with Crippen LogP contribution in [0.15, 0.2) is 24.3 Å². The highest BCUT2D eigenvalue weighted by Gasteiger charge is 2.02. The van der Waals surface area contributed by atoms with Crippen LogP contribution in [0, 0.1) is 0 Å². The normalized spacial score (nSPS) is 11.9. The van der Waals surface area contributed by atoms with Crippen molar-refractivity contribution in [3.05, 3.63) is 24.3 Å². The minimum Gasteiger partial charge on any atom is -0.380 e. The van der Waals surface area contributed by atoms with Crippen molar-refractivity contribution < 1.29 is 9.53 Å². The Kier molecular flexibility index (Phi) is 6.22. The van der Waals surface area contributed by atoms with Crippen LogP contribution in [0.5, 0.6) is 0 Å². The van der Waals surface area contributed by atoms with E-state index in [-0.39, 0.29) is 11.9 Å². The predicted molar refractivity (Wildman–Crippen MR) is 74.9 cm³/mol. The smallest absolute Gasteiger partial charge is 0.224 e. The second kappa shape index (κ2) is 7.71. The number of carbonyl (C=O) groups excluding carboxylic acids is 1. The Morgan fingerprint density at radius 1 is 1.22 bits per heavy atom. The average Bonchev–Trinajstić information content (AvgIpc) is 2.38. The van der Waals surface area contributed by atoms with Crippen molar-refractivity contribution in [3.63, 3.8) is 0 Å². The maximum atomic E-state index is 11.2. The Morgan fingerprint density at radius 2 is 1.83 bits per heavy atom. The largest absolute Gasteiger partial charge is 0.380 e. The lowest BCUT2D eigenvalue weighted by Crippen LogP contribution is -2.21. The van der Waals surface area contributed by atoms with Gasteiger partial charge in [-0.2, -0.15) is 0 Å². The lowest BCUT2D eigenvalue weighted by Gasteiger charge is -2.15. The first kappa shape index (κ1) is 14.5. The minimum absolute atomic E-state index is 0.0282. The standard InChI is InChI=1S/C14H22N2O2/c1-4-14(17)16-13-8-6-12(7-9-13)15-11(3)10-18-5-2/h6-9,11,15H,4-5,10H2,1-3H3,(H,16,17). The molecule has 1 unspecified atom stereocenters. The van der Waals surface area contributed by atoms with Crippen LogP contribution in [0.3, 0.4) is 0 Å². The minimum atomic E-state index is 0.0282. The van der Waals surface area contributed by atoms with Gasteiger partial charge in [-0.05, 0) is 38.1 Å². The molecule has 0 saturated heterocycles. The molecule has 4 heteroatoms. The number of hydrogen-bond donors (Lipinski definition) is 2. The Balaban J connectivity index is 2.47. The Hall–Kier alpha value is -1.55. The summed E-state index contributed by atoms with van der Waals surface area (Å²) >= 11 is 0. The molecule has 0 spiro atoms. The topological polar surface area (TPSA) is 50.4 Å². The molecule has 18 heavy (non-hydrogen) atoms. The summed E-state index contributed by atoms with van der Waals surface area (Å²) in [5.41, 5.74) is 1.85. The van der Waals surface area contributed by atoms with Gasteiger partial charge in [-0.3, -0.25) is 4.79 Å². The molecular formula is C14H22N2O2. The van der Waals surface area contributed by atoms with E-state index in [0.717, 1.165) is 18.0 Å². The summed E-state index contributed by atoms with van der Waals surface area (Å²) in [6.45, 7) is 7.31. The van der Waals surface area contributed by atoms with Crippen LogP contribution in [0.1, 0.15) is 27.2 Å². The summed E-state index contributed by atoms with van der Waals surface area (Å²) in [4.78, 5) is 11.2. The number of anilines is 2. The average molecular weight is 250 g/mol. The van der Waals surface area contributed by atoms with Crippen LogP contribution in [-0.2, 0) is 9.53 Å². The number of benzene rings is 1. The van der Waals surface area contributed by atoms with Crippen molar-refractivity contribution in [3.8, 4) is 0 Å². The lowest BCUT2D eigenvalue weighted by atomic mass is 10.2. The number of rotatable bonds is 7. The molecule has 1 rings (SSSR count). The fourth-order valence-electron chi connectivity index (χ4n) is 1.52. The lowest BCUT2D eigenvalue weighted by molar-refractivity contribution is -0.115. The molecule has 4 nitrogen and oxygen atoms in total. The van der Waals surface area contributed by atoms with Crippen molar-refractivity contribution in [2.75, 3.05) is 23.8 Å². The first-order valence-corrected chi connectivity index (χ1v) is 6.39. The van der Waals surface area contributed by atoms with Gasteiger partial charge in [0, 0.05) is 30.4 Å². The van der Waals surface area contributed by atoms with Crippen LogP contribution in [0.25, 0.3) is 0 Å². The number of hydrogen-bond acceptors (Lipinski definition) is 3. The van der Waals surface area contributed by atoms with Crippen molar-refractivity contribution in [2.45, 2.75) is 33.2 Å². The van der Waals surface area contributed by atoms with Crippen LogP contribution < -0.4 is 10.6 Å². The van der Waals surface area contributed by atoms with E-state index in [0.29, 0.717) is 13.0 Å². The fourth-order valence-corrected chi connectivity index (χ4v) is 1.52. The van der Waals surface area contributed by atoms with Crippen LogP contribution >= 0.6 is 0 Å². The monoisotopic (exact) mass is 250 g/mol. The summed E-state index contributed by atoms with van der Waals surface area (Å²) in [5.74, 6) is 0.0282. The van der Waals surface area contributed by atoms with E-state index in [9.17, 15) is 4.79 Å². The van der Waals surface area contributed by atoms with E-state index in [1.54, 1.807) is 0 Å². The van der Waals surface area contributed by atoms with E-state index in [4.69, 9.17) is 4.74 Å². The quantitative estimate of drug-likeness (QED) is 0.782. The molecule has 0 aromatic heterocycles. The Labute approximate surface area is 109 Å². The van der Waals surface area contributed by atoms with E-state index < -0.39 is 0 Å². The molecule has 0 aliphatic heterocycles. The van der Waals surface area contributed by atoms with Crippen LogP contribution in [0.2, 0.25) is 0 Å². The van der Waals surface area contributed by atoms with Crippen molar-refractivity contribution in [1.29, 1.82) is 0 Å². The van der Waals surface area contributed by atoms with Gasteiger partial charge in [-0.25, -0.2) is 0 Å². The third-order valence-electron chi connectivity index (χ3n) is 2.47. The Morgan fingerprint density at radius 3 is 2.39 bits per heavy atom. The molecule has 1 atom stereocenters. The van der Waals surface area contributed by atoms with E-state index in [2.05, 4.69) is 17.6 Å². The van der Waals surface area contributed by atoms with E-state index >= 15 is 0 Å². The van der Waals surface area contributed by atoms with Gasteiger partial charge >= 0.3 is 0 Å². The maximum Gasteiger partial charge on any atom is 0.224 e. The van der Waals surface area contributed by atoms with Gasteiger partial charge in [0.05, 0.1) is 6.61 Å². The SMILES string of the molecule is CCOCC(C)Nc1ccc(NC(=O)CC)cc1. The molecule has 0 fully saturated rings. The Bertz CT molecular complexity index is 363. The summed E-state index contributed by atoms with van der Waals surface area (Å²) in [6.07, 6.45) is 0.491. The van der Waals surface area contributed by atoms with Gasteiger partial charge in [0.25, 0.3) is 0 Å². The van der Waals surface area contributed by atoms with Crippen molar-refractivity contribution in [2.24, 2.45) is 0 Å². The molecule has 0 aliphatic rings. The molecule has 1 amide bonds. The number of amides is 1. The van der Waals surface area contributed by atoms with Gasteiger partial charge in [0.1, 0.15) is 0 Å². The van der Waals surface area contributed by atoms with Gasteiger partial charge in [0.2, 0.25) is 5.91 Å². The third kappa shape index (κ3) is 5.19. The molecule has 2 N–H and O–H groups in total. The maximum absolute atomic E-state index is 11.2. The molecule has 0 aliphatic carbocycles. The van der Waals surface area contributed by atoms with Crippen LogP contribution in [0.4, 0.5) is 11.4 Å². The van der Waals surface area contributed by atoms with Gasteiger partial charge in [-0.15, -0.1) is 0 Å². The van der Waals surface area contributed by atoms with Gasteiger partial charge in [0.15, 0.2) is 0 Å². The highest BCUT2D eigenvalue weighted by molar-refractivity contribution is 5.90. The molecule has 0 heterocycles. The number of nitrogens with one attached hydrogen (secondary N) is 2. The summed E-state index contributed by atoms with van der Waals surface area (Å²) in [6, 6.07) is 7.95. The van der Waals surface area contributed by atoms with E-state index in [1.165, 1.54) is 0 Å². The third-order valence-corrected chi connectivity index (χ3v) is 2.47. The zero-order valence-corrected chi connectivity index (χ0v) is 11.3. The van der Waals surface area contributed by atoms with Crippen LogP contribution in [-0.4, -0.2) is 25.2 Å².